The van der Waals surface area contributed by atoms with Crippen LogP contribution in [0.15, 0.2) is 16.3 Å². The minimum Gasteiger partial charge on any atom is -0.232 e. The average Bonchev–Trinajstić information content (AvgIpc) is 2.33. The second-order valence-corrected chi connectivity index (χ2v) is 3.32. The Labute approximate surface area is 69.3 Å². The van der Waals surface area contributed by atoms with Crippen molar-refractivity contribution < 1.29 is 0 Å². The van der Waals surface area contributed by atoms with Crippen LogP contribution in [0.5, 0.6) is 0 Å². The molecule has 0 aromatic carbocycles. The summed E-state index contributed by atoms with van der Waals surface area (Å²) < 4.78 is 0.754. The monoisotopic (exact) mass is 215 g/mol. The number of hydrogen-bond acceptors (Lipinski definition) is 4. The molecule has 0 aliphatic heterocycles. The van der Waals surface area contributed by atoms with Gasteiger partial charge in [-0.2, -0.15) is 0 Å². The van der Waals surface area contributed by atoms with Crippen molar-refractivity contribution in [1.82, 2.24) is 15.0 Å². The predicted octanol–water partition coefficient (Wildman–Crippen LogP) is 1.85. The fourth-order valence-corrected chi connectivity index (χ4v) is 1.65. The van der Waals surface area contributed by atoms with Crippen molar-refractivity contribution in [3.05, 3.63) is 16.3 Å². The summed E-state index contributed by atoms with van der Waals surface area (Å²) in [5.41, 5.74) is 2.45. The highest BCUT2D eigenvalue weighted by atomic mass is 79.9. The van der Waals surface area contributed by atoms with Crippen LogP contribution >= 0.6 is 27.3 Å². The van der Waals surface area contributed by atoms with Gasteiger partial charge >= 0.3 is 0 Å². The molecule has 0 aliphatic carbocycles. The molecule has 5 heteroatoms. The lowest BCUT2D eigenvalue weighted by Gasteiger charge is -1.85. The molecule has 50 valence electrons. The molecule has 0 aliphatic rings. The third kappa shape index (κ3) is 0.911. The topological polar surface area (TPSA) is 38.7 Å². The van der Waals surface area contributed by atoms with E-state index in [1.165, 1.54) is 11.3 Å². The largest absolute Gasteiger partial charge is 0.232 e. The van der Waals surface area contributed by atoms with Gasteiger partial charge < -0.3 is 0 Å². The van der Waals surface area contributed by atoms with Crippen LogP contribution in [0.4, 0.5) is 0 Å². The molecule has 0 bridgehead atoms. The van der Waals surface area contributed by atoms with Crippen LogP contribution in [0.25, 0.3) is 10.5 Å². The SMILES string of the molecule is Brc1cnc2ncsc2n1. The van der Waals surface area contributed by atoms with Crippen LogP contribution in [-0.4, -0.2) is 15.0 Å². The Morgan fingerprint density at radius 3 is 3.20 bits per heavy atom. The molecule has 2 aromatic rings. The smallest absolute Gasteiger partial charge is 0.189 e. The van der Waals surface area contributed by atoms with E-state index in [4.69, 9.17) is 0 Å². The first kappa shape index (κ1) is 6.18. The predicted molar refractivity (Wildman–Crippen MR) is 42.9 cm³/mol. The van der Waals surface area contributed by atoms with Gasteiger partial charge in [-0.3, -0.25) is 0 Å². The number of rotatable bonds is 0. The van der Waals surface area contributed by atoms with Crippen molar-refractivity contribution in [2.75, 3.05) is 0 Å². The first-order valence-corrected chi connectivity index (χ1v) is 4.25. The number of aromatic nitrogens is 3. The Balaban J connectivity index is 2.86. The minimum absolute atomic E-state index is 0.716. The number of halogens is 1. The molecule has 2 aromatic heterocycles. The van der Waals surface area contributed by atoms with Gasteiger partial charge in [0.25, 0.3) is 0 Å². The fraction of sp³-hybridized carbons (Fsp3) is 0. The summed E-state index contributed by atoms with van der Waals surface area (Å²) in [6.45, 7) is 0. The maximum atomic E-state index is 4.15. The lowest BCUT2D eigenvalue weighted by Crippen LogP contribution is -1.79. The number of fused-ring (bicyclic) bond motifs is 1. The van der Waals surface area contributed by atoms with Crippen LogP contribution in [0.1, 0.15) is 0 Å². The molecule has 0 fully saturated rings. The Hall–Kier alpha value is -0.550. The average molecular weight is 216 g/mol. The molecule has 10 heavy (non-hydrogen) atoms. The maximum absolute atomic E-state index is 4.15. The Bertz CT molecular complexity index is 358. The van der Waals surface area contributed by atoms with E-state index >= 15 is 0 Å². The van der Waals surface area contributed by atoms with Crippen LogP contribution in [0.2, 0.25) is 0 Å². The van der Waals surface area contributed by atoms with E-state index in [1.807, 2.05) is 0 Å². The highest BCUT2D eigenvalue weighted by Crippen LogP contribution is 2.14. The van der Waals surface area contributed by atoms with Crippen LogP contribution in [0.3, 0.4) is 0 Å². The van der Waals surface area contributed by atoms with E-state index in [1.54, 1.807) is 11.7 Å². The zero-order chi connectivity index (χ0) is 6.97. The molecule has 2 rings (SSSR count). The van der Waals surface area contributed by atoms with Crippen LogP contribution < -0.4 is 0 Å². The van der Waals surface area contributed by atoms with Gasteiger partial charge in [0, 0.05) is 0 Å². The van der Waals surface area contributed by atoms with Crippen molar-refractivity contribution in [2.45, 2.75) is 0 Å². The zero-order valence-corrected chi connectivity index (χ0v) is 7.19. The number of nitrogens with zero attached hydrogens (tertiary/aromatic N) is 3. The van der Waals surface area contributed by atoms with E-state index in [0.717, 1.165) is 9.43 Å². The van der Waals surface area contributed by atoms with Gasteiger partial charge in [0.2, 0.25) is 0 Å². The molecular formula is C5H2BrN3S. The molecule has 0 saturated carbocycles. The third-order valence-corrected chi connectivity index (χ3v) is 2.12. The molecule has 2 heterocycles. The zero-order valence-electron chi connectivity index (χ0n) is 4.78. The molecule has 0 amide bonds. The van der Waals surface area contributed by atoms with Crippen molar-refractivity contribution >= 4 is 37.7 Å². The van der Waals surface area contributed by atoms with Crippen LogP contribution in [-0.2, 0) is 0 Å². The third-order valence-electron chi connectivity index (χ3n) is 1.03. The van der Waals surface area contributed by atoms with Crippen molar-refractivity contribution in [2.24, 2.45) is 0 Å². The molecular weight excluding hydrogens is 214 g/mol. The van der Waals surface area contributed by atoms with Crippen molar-refractivity contribution in [3.63, 3.8) is 0 Å². The van der Waals surface area contributed by atoms with Gasteiger partial charge in [-0.25, -0.2) is 15.0 Å². The van der Waals surface area contributed by atoms with Gasteiger partial charge in [-0.1, -0.05) is 0 Å². The maximum Gasteiger partial charge on any atom is 0.189 e. The molecule has 0 unspecified atom stereocenters. The van der Waals surface area contributed by atoms with Crippen molar-refractivity contribution in [1.29, 1.82) is 0 Å². The van der Waals surface area contributed by atoms with Gasteiger partial charge in [0.1, 0.15) is 4.60 Å². The molecule has 0 N–H and O–H groups in total. The summed E-state index contributed by atoms with van der Waals surface area (Å²) in [4.78, 5) is 13.0. The normalized spacial score (nSPS) is 10.5. The summed E-state index contributed by atoms with van der Waals surface area (Å²) in [6, 6.07) is 0. The molecule has 3 nitrogen and oxygen atoms in total. The lowest BCUT2D eigenvalue weighted by molar-refractivity contribution is 1.23. The number of thiazole rings is 1. The van der Waals surface area contributed by atoms with E-state index in [9.17, 15) is 0 Å². The highest BCUT2D eigenvalue weighted by molar-refractivity contribution is 9.10. The molecule has 0 saturated heterocycles. The van der Waals surface area contributed by atoms with E-state index in [0.29, 0.717) is 5.65 Å². The quantitative estimate of drug-likeness (QED) is 0.674. The Morgan fingerprint density at radius 2 is 2.30 bits per heavy atom. The minimum atomic E-state index is 0.716. The van der Waals surface area contributed by atoms with E-state index in [-0.39, 0.29) is 0 Å². The van der Waals surface area contributed by atoms with Gasteiger partial charge in [-0.15, -0.1) is 11.3 Å². The lowest BCUT2D eigenvalue weighted by atomic mass is 10.7. The summed E-state index contributed by atoms with van der Waals surface area (Å²) in [5.74, 6) is 0. The summed E-state index contributed by atoms with van der Waals surface area (Å²) in [6.07, 6.45) is 1.64. The standard InChI is InChI=1S/C5H2BrN3S/c6-3-1-7-4-5(9-3)10-2-8-4/h1-2H. The first-order valence-electron chi connectivity index (χ1n) is 2.58. The molecule has 0 radical (unpaired) electrons. The number of hydrogen-bond donors (Lipinski definition) is 0. The summed E-state index contributed by atoms with van der Waals surface area (Å²) in [7, 11) is 0. The van der Waals surface area contributed by atoms with Gasteiger partial charge in [-0.05, 0) is 15.9 Å². The summed E-state index contributed by atoms with van der Waals surface area (Å²) >= 11 is 4.71. The van der Waals surface area contributed by atoms with E-state index < -0.39 is 0 Å². The molecule has 0 spiro atoms. The van der Waals surface area contributed by atoms with Crippen LogP contribution in [0, 0.1) is 0 Å². The second kappa shape index (κ2) is 2.25. The summed E-state index contributed by atoms with van der Waals surface area (Å²) in [5, 5.41) is 0. The van der Waals surface area contributed by atoms with E-state index in [2.05, 4.69) is 30.9 Å². The van der Waals surface area contributed by atoms with Gasteiger partial charge in [0.15, 0.2) is 10.5 Å². The molecule has 0 atom stereocenters. The fourth-order valence-electron chi connectivity index (χ4n) is 0.639. The Morgan fingerprint density at radius 1 is 1.40 bits per heavy atom. The van der Waals surface area contributed by atoms with Gasteiger partial charge in [0.05, 0.1) is 11.7 Å². The van der Waals surface area contributed by atoms with Crippen molar-refractivity contribution in [3.8, 4) is 0 Å². The second-order valence-electron chi connectivity index (χ2n) is 1.67. The Kier molecular flexibility index (Phi) is 1.39. The highest BCUT2D eigenvalue weighted by Gasteiger charge is 1.97. The first-order chi connectivity index (χ1) is 4.86.